The lowest BCUT2D eigenvalue weighted by atomic mass is 9.97. The van der Waals surface area contributed by atoms with Gasteiger partial charge in [-0.15, -0.1) is 0 Å². The van der Waals surface area contributed by atoms with Crippen molar-refractivity contribution in [3.63, 3.8) is 0 Å². The second-order valence-electron chi connectivity index (χ2n) is 7.43. The van der Waals surface area contributed by atoms with Crippen LogP contribution in [0.25, 0.3) is 5.57 Å². The Hall–Kier alpha value is -2.30. The van der Waals surface area contributed by atoms with Gasteiger partial charge in [0, 0.05) is 24.7 Å². The predicted octanol–water partition coefficient (Wildman–Crippen LogP) is 5.16. The molecule has 0 aromatic heterocycles. The van der Waals surface area contributed by atoms with Crippen LogP contribution in [0.1, 0.15) is 30.9 Å². The highest BCUT2D eigenvalue weighted by Gasteiger charge is 2.16. The molecular weight excluding hydrogens is 386 g/mol. The number of rotatable bonds is 9. The van der Waals surface area contributed by atoms with Crippen LogP contribution in [-0.4, -0.2) is 42.2 Å². The highest BCUT2D eigenvalue weighted by molar-refractivity contribution is 6.30. The fraction of sp³-hybridized carbons (Fsp3) is 0.375. The summed E-state index contributed by atoms with van der Waals surface area (Å²) in [6, 6.07) is 15.8. The number of halogens is 1. The van der Waals surface area contributed by atoms with Gasteiger partial charge in [-0.1, -0.05) is 48.9 Å². The van der Waals surface area contributed by atoms with E-state index < -0.39 is 5.97 Å². The van der Waals surface area contributed by atoms with Gasteiger partial charge in [-0.3, -0.25) is 9.69 Å². The Balaban J connectivity index is 1.42. The largest absolute Gasteiger partial charge is 0.492 e. The summed E-state index contributed by atoms with van der Waals surface area (Å²) in [4.78, 5) is 13.6. The minimum Gasteiger partial charge on any atom is -0.492 e. The molecule has 1 N–H and O–H groups in total. The van der Waals surface area contributed by atoms with E-state index in [1.165, 1.54) is 11.1 Å². The van der Waals surface area contributed by atoms with Gasteiger partial charge in [-0.05, 0) is 60.2 Å². The molecule has 0 spiro atoms. The fourth-order valence-corrected chi connectivity index (χ4v) is 3.67. The first-order chi connectivity index (χ1) is 14.0. The van der Waals surface area contributed by atoms with Gasteiger partial charge in [-0.25, -0.2) is 0 Å². The molecule has 0 aliphatic carbocycles. The van der Waals surface area contributed by atoms with Crippen LogP contribution in [0.5, 0.6) is 5.75 Å². The third kappa shape index (κ3) is 6.34. The first-order valence-electron chi connectivity index (χ1n) is 10.2. The lowest BCUT2D eigenvalue weighted by Crippen LogP contribution is -2.32. The lowest BCUT2D eigenvalue weighted by Gasteiger charge is -2.26. The molecule has 1 heterocycles. The van der Waals surface area contributed by atoms with E-state index in [2.05, 4.69) is 23.1 Å². The fourth-order valence-electron chi connectivity index (χ4n) is 3.55. The van der Waals surface area contributed by atoms with E-state index in [1.54, 1.807) is 0 Å². The molecule has 0 saturated heterocycles. The average molecular weight is 414 g/mol. The molecule has 1 atom stereocenters. The van der Waals surface area contributed by atoms with Crippen LogP contribution in [-0.2, 0) is 11.2 Å². The number of aliphatic carboxylic acids is 1. The Bertz CT molecular complexity index is 830. The number of hydrogen-bond acceptors (Lipinski definition) is 3. The van der Waals surface area contributed by atoms with E-state index in [1.807, 2.05) is 43.3 Å². The number of hydrogen-bond donors (Lipinski definition) is 1. The first-order valence-corrected chi connectivity index (χ1v) is 10.5. The molecule has 2 aromatic rings. The Kier molecular flexibility index (Phi) is 7.73. The van der Waals surface area contributed by atoms with Crippen molar-refractivity contribution in [1.82, 2.24) is 4.90 Å². The molecule has 5 heteroatoms. The summed E-state index contributed by atoms with van der Waals surface area (Å²) in [5, 5.41) is 9.95. The molecule has 2 aromatic carbocycles. The van der Waals surface area contributed by atoms with E-state index >= 15 is 0 Å². The van der Waals surface area contributed by atoms with Crippen LogP contribution in [0.2, 0.25) is 5.02 Å². The summed E-state index contributed by atoms with van der Waals surface area (Å²) >= 11 is 5.97. The predicted molar refractivity (Wildman–Crippen MR) is 118 cm³/mol. The van der Waals surface area contributed by atoms with E-state index in [9.17, 15) is 9.90 Å². The van der Waals surface area contributed by atoms with Crippen molar-refractivity contribution in [3.05, 3.63) is 70.8 Å². The van der Waals surface area contributed by atoms with Crippen LogP contribution in [0.4, 0.5) is 0 Å². The molecule has 29 heavy (non-hydrogen) atoms. The molecule has 1 unspecified atom stereocenters. The van der Waals surface area contributed by atoms with E-state index in [0.29, 0.717) is 19.4 Å². The van der Waals surface area contributed by atoms with Gasteiger partial charge >= 0.3 is 5.97 Å². The first kappa shape index (κ1) is 21.4. The van der Waals surface area contributed by atoms with E-state index in [0.717, 1.165) is 42.4 Å². The summed E-state index contributed by atoms with van der Waals surface area (Å²) in [7, 11) is 0. The number of ether oxygens (including phenoxy) is 1. The quantitative estimate of drug-likeness (QED) is 0.616. The van der Waals surface area contributed by atoms with Gasteiger partial charge in [0.1, 0.15) is 12.4 Å². The van der Waals surface area contributed by atoms with Gasteiger partial charge in [-0.2, -0.15) is 0 Å². The Morgan fingerprint density at radius 2 is 1.90 bits per heavy atom. The number of nitrogens with zero attached hydrogens (tertiary/aromatic N) is 1. The number of benzene rings is 2. The molecule has 4 nitrogen and oxygen atoms in total. The number of carboxylic acid groups (broad SMARTS) is 1. The summed E-state index contributed by atoms with van der Waals surface area (Å²) in [6.07, 6.45) is 4.51. The molecule has 0 bridgehead atoms. The molecule has 0 saturated carbocycles. The molecular formula is C24H28ClNO3. The van der Waals surface area contributed by atoms with E-state index in [4.69, 9.17) is 16.3 Å². The van der Waals surface area contributed by atoms with Crippen molar-refractivity contribution in [2.45, 2.75) is 26.2 Å². The second-order valence-corrected chi connectivity index (χ2v) is 7.86. The third-order valence-corrected chi connectivity index (χ3v) is 5.68. The Morgan fingerprint density at radius 3 is 2.48 bits per heavy atom. The maximum Gasteiger partial charge on any atom is 0.306 e. The maximum absolute atomic E-state index is 11.2. The van der Waals surface area contributed by atoms with Crippen molar-refractivity contribution in [2.24, 2.45) is 5.92 Å². The molecule has 1 aliphatic rings. The Labute approximate surface area is 177 Å². The highest BCUT2D eigenvalue weighted by atomic mass is 35.5. The van der Waals surface area contributed by atoms with Gasteiger partial charge in [0.15, 0.2) is 0 Å². The lowest BCUT2D eigenvalue weighted by molar-refractivity contribution is -0.141. The second kappa shape index (κ2) is 10.5. The summed E-state index contributed by atoms with van der Waals surface area (Å²) in [5.41, 5.74) is 3.65. The zero-order valence-corrected chi connectivity index (χ0v) is 17.6. The minimum absolute atomic E-state index is 0.327. The molecule has 0 amide bonds. The summed E-state index contributed by atoms with van der Waals surface area (Å²) in [6.45, 7) is 5.36. The van der Waals surface area contributed by atoms with Crippen LogP contribution in [0, 0.1) is 5.92 Å². The zero-order chi connectivity index (χ0) is 20.6. The molecule has 3 rings (SSSR count). The Morgan fingerprint density at radius 1 is 1.17 bits per heavy atom. The summed E-state index contributed by atoms with van der Waals surface area (Å²) in [5.74, 6) is -0.235. The van der Waals surface area contributed by atoms with Gasteiger partial charge < -0.3 is 9.84 Å². The molecule has 154 valence electrons. The molecule has 0 radical (unpaired) electrons. The normalized spacial score (nSPS) is 15.6. The van der Waals surface area contributed by atoms with Crippen molar-refractivity contribution >= 4 is 23.1 Å². The zero-order valence-electron chi connectivity index (χ0n) is 16.8. The topological polar surface area (TPSA) is 49.8 Å². The maximum atomic E-state index is 11.2. The summed E-state index contributed by atoms with van der Waals surface area (Å²) < 4.78 is 5.87. The smallest absolute Gasteiger partial charge is 0.306 e. The van der Waals surface area contributed by atoms with Crippen LogP contribution in [0.15, 0.2) is 54.6 Å². The number of carboxylic acids is 1. The number of carbonyl (C=O) groups is 1. The van der Waals surface area contributed by atoms with Crippen LogP contribution in [0.3, 0.4) is 0 Å². The third-order valence-electron chi connectivity index (χ3n) is 5.43. The average Bonchev–Trinajstić information content (AvgIpc) is 2.74. The van der Waals surface area contributed by atoms with Gasteiger partial charge in [0.2, 0.25) is 0 Å². The van der Waals surface area contributed by atoms with Gasteiger partial charge in [0.05, 0.1) is 5.92 Å². The van der Waals surface area contributed by atoms with Gasteiger partial charge in [0.25, 0.3) is 0 Å². The van der Waals surface area contributed by atoms with E-state index in [-0.39, 0.29) is 5.92 Å². The monoisotopic (exact) mass is 413 g/mol. The highest BCUT2D eigenvalue weighted by Crippen LogP contribution is 2.24. The van der Waals surface area contributed by atoms with Crippen molar-refractivity contribution < 1.29 is 14.6 Å². The standard InChI is InChI=1S/C24H28ClNO3/c1-2-19(24(27)28)17-18-3-9-23(10-4-18)29-16-15-26-13-11-21(12-14-26)20-5-7-22(25)8-6-20/h3-11,19H,2,12-17H2,1H3,(H,27,28). The molecule has 0 fully saturated rings. The van der Waals surface area contributed by atoms with Crippen LogP contribution < -0.4 is 4.74 Å². The van der Waals surface area contributed by atoms with Crippen molar-refractivity contribution in [2.75, 3.05) is 26.2 Å². The van der Waals surface area contributed by atoms with Crippen molar-refractivity contribution in [3.8, 4) is 5.75 Å². The van der Waals surface area contributed by atoms with Crippen molar-refractivity contribution in [1.29, 1.82) is 0 Å². The van der Waals surface area contributed by atoms with Crippen LogP contribution >= 0.6 is 11.6 Å². The SMILES string of the molecule is CCC(Cc1ccc(OCCN2CC=C(c3ccc(Cl)cc3)CC2)cc1)C(=O)O. The molecule has 1 aliphatic heterocycles. The minimum atomic E-state index is -0.734.